The largest absolute Gasteiger partial charge is 0.497 e. The van der Waals surface area contributed by atoms with Gasteiger partial charge < -0.3 is 14.0 Å². The topological polar surface area (TPSA) is 116 Å². The molecule has 0 bridgehead atoms. The van der Waals surface area contributed by atoms with Gasteiger partial charge in [0.2, 0.25) is 0 Å². The fourth-order valence-electron chi connectivity index (χ4n) is 3.40. The Balaban J connectivity index is 1.57. The van der Waals surface area contributed by atoms with Crippen molar-refractivity contribution in [1.82, 2.24) is 4.57 Å². The number of hydrogen-bond donors (Lipinski definition) is 1. The predicted molar refractivity (Wildman–Crippen MR) is 137 cm³/mol. The summed E-state index contributed by atoms with van der Waals surface area (Å²) in [5.74, 6) is -0.407. The number of carbonyl (C=O) groups is 2. The lowest BCUT2D eigenvalue weighted by atomic mass is 10.2. The minimum absolute atomic E-state index is 0.0734. The van der Waals surface area contributed by atoms with Crippen LogP contribution in [0.2, 0.25) is 0 Å². The lowest BCUT2D eigenvalue weighted by molar-refractivity contribution is -0.143. The summed E-state index contributed by atoms with van der Waals surface area (Å²) in [6.45, 7) is 1.90. The number of sulfonamides is 1. The van der Waals surface area contributed by atoms with Crippen LogP contribution in [-0.2, 0) is 26.1 Å². The molecule has 1 heterocycles. The van der Waals surface area contributed by atoms with Crippen molar-refractivity contribution in [2.24, 2.45) is 4.99 Å². The second-order valence-electron chi connectivity index (χ2n) is 7.52. The van der Waals surface area contributed by atoms with Crippen molar-refractivity contribution in [2.75, 3.05) is 18.4 Å². The normalized spacial score (nSPS) is 11.9. The Morgan fingerprint density at radius 1 is 1.00 bits per heavy atom. The van der Waals surface area contributed by atoms with Crippen LogP contribution in [0.3, 0.4) is 0 Å². The molecule has 0 aliphatic rings. The highest BCUT2D eigenvalue weighted by molar-refractivity contribution is 7.92. The summed E-state index contributed by atoms with van der Waals surface area (Å²) in [7, 11) is -2.32. The maximum Gasteiger partial charge on any atom is 0.326 e. The van der Waals surface area contributed by atoms with Crippen molar-refractivity contribution < 1.29 is 27.5 Å². The molecule has 186 valence electrons. The molecule has 0 saturated carbocycles. The van der Waals surface area contributed by atoms with Crippen LogP contribution < -0.4 is 14.3 Å². The van der Waals surface area contributed by atoms with Gasteiger partial charge in [-0.25, -0.2) is 8.42 Å². The molecule has 0 aliphatic heterocycles. The Morgan fingerprint density at radius 2 is 1.69 bits per heavy atom. The van der Waals surface area contributed by atoms with Gasteiger partial charge in [-0.3, -0.25) is 14.3 Å². The molecule has 9 nitrogen and oxygen atoms in total. The molecular weight excluding hydrogens is 502 g/mol. The fourth-order valence-corrected chi connectivity index (χ4v) is 5.48. The molecule has 1 aromatic heterocycles. The number of hydrogen-bond acceptors (Lipinski definition) is 7. The maximum atomic E-state index is 12.9. The number of ether oxygens (including phenoxy) is 2. The van der Waals surface area contributed by atoms with Crippen molar-refractivity contribution in [2.45, 2.75) is 18.4 Å². The second kappa shape index (κ2) is 10.8. The Bertz CT molecular complexity index is 1570. The average molecular weight is 526 g/mol. The number of anilines is 1. The number of thiazole rings is 1. The molecule has 0 aliphatic carbocycles. The van der Waals surface area contributed by atoms with E-state index in [2.05, 4.69) is 9.71 Å². The molecule has 0 unspecified atom stereocenters. The van der Waals surface area contributed by atoms with E-state index >= 15 is 0 Å². The van der Waals surface area contributed by atoms with Crippen LogP contribution in [0.4, 0.5) is 5.69 Å². The van der Waals surface area contributed by atoms with Crippen LogP contribution in [0.1, 0.15) is 17.3 Å². The number of carbonyl (C=O) groups excluding carboxylic acids is 2. The highest BCUT2D eigenvalue weighted by Crippen LogP contribution is 2.20. The van der Waals surface area contributed by atoms with E-state index in [0.29, 0.717) is 16.2 Å². The minimum atomic E-state index is -3.82. The van der Waals surface area contributed by atoms with E-state index in [0.717, 1.165) is 10.2 Å². The lowest BCUT2D eigenvalue weighted by Crippen LogP contribution is -2.23. The molecule has 4 rings (SSSR count). The first-order valence-electron chi connectivity index (χ1n) is 10.9. The van der Waals surface area contributed by atoms with Crippen LogP contribution in [0.15, 0.2) is 82.7 Å². The molecular formula is C25H23N3O6S2. The summed E-state index contributed by atoms with van der Waals surface area (Å²) in [5, 5.41) is 0. The van der Waals surface area contributed by atoms with Gasteiger partial charge in [-0.1, -0.05) is 23.5 Å². The van der Waals surface area contributed by atoms with E-state index in [1.165, 1.54) is 54.8 Å². The number of para-hydroxylation sites is 1. The summed E-state index contributed by atoms with van der Waals surface area (Å²) < 4.78 is 40.4. The molecule has 0 fully saturated rings. The Kier molecular flexibility index (Phi) is 7.51. The Morgan fingerprint density at radius 3 is 2.36 bits per heavy atom. The maximum absolute atomic E-state index is 12.9. The summed E-state index contributed by atoms with van der Waals surface area (Å²) >= 11 is 1.29. The number of nitrogens with one attached hydrogen (secondary N) is 1. The standard InChI is InChI=1S/C25H23N3O6S2/c1-3-34-23(29)16-28-21-6-4-5-7-22(21)35-25(28)26-24(30)17-8-10-18(11-9-17)27-36(31,32)20-14-12-19(33-2)13-15-20/h4-15,27H,3,16H2,1-2H3. The van der Waals surface area contributed by atoms with E-state index < -0.39 is 21.9 Å². The van der Waals surface area contributed by atoms with Gasteiger partial charge in [0.1, 0.15) is 12.3 Å². The number of fused-ring (bicyclic) bond motifs is 1. The van der Waals surface area contributed by atoms with Gasteiger partial charge in [0.25, 0.3) is 15.9 Å². The molecule has 0 radical (unpaired) electrons. The molecule has 4 aromatic rings. The third-order valence-corrected chi connectivity index (χ3v) is 7.59. The zero-order chi connectivity index (χ0) is 25.7. The predicted octanol–water partition coefficient (Wildman–Crippen LogP) is 3.82. The van der Waals surface area contributed by atoms with Crippen LogP contribution >= 0.6 is 11.3 Å². The number of methoxy groups -OCH3 is 1. The highest BCUT2D eigenvalue weighted by Gasteiger charge is 2.16. The van der Waals surface area contributed by atoms with Gasteiger partial charge in [-0.2, -0.15) is 4.99 Å². The first kappa shape index (κ1) is 25.1. The van der Waals surface area contributed by atoms with E-state index in [4.69, 9.17) is 9.47 Å². The second-order valence-corrected chi connectivity index (χ2v) is 10.2. The highest BCUT2D eigenvalue weighted by atomic mass is 32.2. The molecule has 0 atom stereocenters. The third kappa shape index (κ3) is 5.64. The van der Waals surface area contributed by atoms with Gasteiger partial charge in [0.15, 0.2) is 4.80 Å². The van der Waals surface area contributed by atoms with Crippen LogP contribution in [0.5, 0.6) is 5.75 Å². The molecule has 0 spiro atoms. The van der Waals surface area contributed by atoms with Crippen molar-refractivity contribution in [1.29, 1.82) is 0 Å². The quantitative estimate of drug-likeness (QED) is 0.350. The zero-order valence-electron chi connectivity index (χ0n) is 19.5. The van der Waals surface area contributed by atoms with Crippen molar-refractivity contribution in [3.8, 4) is 5.75 Å². The molecule has 0 saturated heterocycles. The summed E-state index contributed by atoms with van der Waals surface area (Å²) in [5.41, 5.74) is 1.33. The van der Waals surface area contributed by atoms with Gasteiger partial charge in [-0.05, 0) is 67.6 Å². The van der Waals surface area contributed by atoms with Crippen LogP contribution in [0.25, 0.3) is 10.2 Å². The molecule has 1 amide bonds. The number of aromatic nitrogens is 1. The summed E-state index contributed by atoms with van der Waals surface area (Å²) in [6.07, 6.45) is 0. The zero-order valence-corrected chi connectivity index (χ0v) is 21.1. The van der Waals surface area contributed by atoms with E-state index in [9.17, 15) is 18.0 Å². The number of esters is 1. The van der Waals surface area contributed by atoms with Gasteiger partial charge in [-0.15, -0.1) is 0 Å². The number of amides is 1. The van der Waals surface area contributed by atoms with Crippen molar-refractivity contribution >= 4 is 49.1 Å². The Labute approximate surface area is 211 Å². The third-order valence-electron chi connectivity index (χ3n) is 5.13. The van der Waals surface area contributed by atoms with Gasteiger partial charge >= 0.3 is 5.97 Å². The summed E-state index contributed by atoms with van der Waals surface area (Å²) in [6, 6.07) is 19.4. The van der Waals surface area contributed by atoms with Crippen LogP contribution in [-0.4, -0.2) is 38.6 Å². The molecule has 3 aromatic carbocycles. The lowest BCUT2D eigenvalue weighted by Gasteiger charge is -2.09. The first-order chi connectivity index (χ1) is 17.3. The average Bonchev–Trinajstić information content (AvgIpc) is 3.21. The fraction of sp³-hybridized carbons (Fsp3) is 0.160. The SMILES string of the molecule is CCOC(=O)Cn1c(=NC(=O)c2ccc(NS(=O)(=O)c3ccc(OC)cc3)cc2)sc2ccccc21. The smallest absolute Gasteiger partial charge is 0.326 e. The van der Waals surface area contributed by atoms with E-state index in [1.54, 1.807) is 23.6 Å². The minimum Gasteiger partial charge on any atom is -0.497 e. The van der Waals surface area contributed by atoms with Crippen molar-refractivity contribution in [3.05, 3.63) is 83.2 Å². The Hall–Kier alpha value is -3.96. The van der Waals surface area contributed by atoms with Crippen LogP contribution in [0, 0.1) is 0 Å². The molecule has 36 heavy (non-hydrogen) atoms. The van der Waals surface area contributed by atoms with Gasteiger partial charge in [0.05, 0.1) is 28.8 Å². The summed E-state index contributed by atoms with van der Waals surface area (Å²) in [4.78, 5) is 29.7. The van der Waals surface area contributed by atoms with E-state index in [1.807, 2.05) is 24.3 Å². The molecule has 1 N–H and O–H groups in total. The number of benzene rings is 3. The first-order valence-corrected chi connectivity index (χ1v) is 13.2. The van der Waals surface area contributed by atoms with Crippen molar-refractivity contribution in [3.63, 3.8) is 0 Å². The van der Waals surface area contributed by atoms with E-state index in [-0.39, 0.29) is 23.6 Å². The number of rotatable bonds is 8. The monoisotopic (exact) mass is 525 g/mol. The number of nitrogens with zero attached hydrogens (tertiary/aromatic N) is 2. The molecule has 11 heteroatoms. The van der Waals surface area contributed by atoms with Gasteiger partial charge in [0, 0.05) is 11.3 Å².